The van der Waals surface area contributed by atoms with Gasteiger partial charge in [0.05, 0.1) is 5.56 Å². The number of aromatic amines is 1. The number of halogens is 3. The van der Waals surface area contributed by atoms with Gasteiger partial charge in [0.1, 0.15) is 6.04 Å². The molecule has 0 saturated heterocycles. The van der Waals surface area contributed by atoms with Crippen molar-refractivity contribution in [1.82, 2.24) is 31.3 Å². The summed E-state index contributed by atoms with van der Waals surface area (Å²) in [6.07, 6.45) is -3.23. The third-order valence-corrected chi connectivity index (χ3v) is 8.07. The molecule has 1 saturated carbocycles. The van der Waals surface area contributed by atoms with Gasteiger partial charge in [-0.25, -0.2) is 9.89 Å². The van der Waals surface area contributed by atoms with Gasteiger partial charge >= 0.3 is 12.3 Å². The van der Waals surface area contributed by atoms with Crippen LogP contribution >= 0.6 is 0 Å². The summed E-state index contributed by atoms with van der Waals surface area (Å²) in [6.45, 7) is 0.314. The number of carbonyl (C=O) groups is 3. The second kappa shape index (κ2) is 14.2. The number of carboxylic acid groups (broad SMARTS) is 1. The van der Waals surface area contributed by atoms with Crippen LogP contribution in [-0.2, 0) is 22.2 Å². The molecule has 0 aliphatic heterocycles. The molecule has 0 spiro atoms. The van der Waals surface area contributed by atoms with Gasteiger partial charge in [-0.05, 0) is 89.1 Å². The zero-order valence-corrected chi connectivity index (χ0v) is 24.6. The molecule has 1 aromatic heterocycles. The van der Waals surface area contributed by atoms with Crippen molar-refractivity contribution in [1.29, 1.82) is 0 Å². The van der Waals surface area contributed by atoms with Crippen LogP contribution in [0, 0.1) is 11.8 Å². The second-order valence-corrected chi connectivity index (χ2v) is 11.2. The van der Waals surface area contributed by atoms with Gasteiger partial charge in [-0.15, -0.1) is 5.10 Å². The summed E-state index contributed by atoms with van der Waals surface area (Å²) in [5.41, 5.74) is 1.29. The van der Waals surface area contributed by atoms with Crippen LogP contribution in [-0.4, -0.2) is 56.2 Å². The summed E-state index contributed by atoms with van der Waals surface area (Å²) in [7, 11) is 0. The molecule has 3 aromatic carbocycles. The highest BCUT2D eigenvalue weighted by atomic mass is 19.4. The molecular weight excluding hydrogens is 603 g/mol. The van der Waals surface area contributed by atoms with Crippen LogP contribution in [0.15, 0.2) is 72.8 Å². The van der Waals surface area contributed by atoms with Gasteiger partial charge in [-0.2, -0.15) is 13.2 Å². The number of benzene rings is 3. The highest BCUT2D eigenvalue weighted by Gasteiger charge is 2.34. The first-order chi connectivity index (χ1) is 22.1. The number of nitrogens with one attached hydrogen (secondary N) is 4. The molecule has 240 valence electrons. The average molecular weight is 636 g/mol. The SMILES string of the molecule is O=C(O)NC[C@H]1CC[C@H](C(=O)N[C@@H](Cc2cccc(-c3ccccc3C(F)(F)F)c2)C(=O)Nc2ccc(-c3nnn[nH]3)cc2)CC1. The van der Waals surface area contributed by atoms with Gasteiger partial charge in [0, 0.05) is 30.1 Å². The van der Waals surface area contributed by atoms with Gasteiger partial charge < -0.3 is 21.1 Å². The number of anilines is 1. The summed E-state index contributed by atoms with van der Waals surface area (Å²) >= 11 is 0. The van der Waals surface area contributed by atoms with E-state index >= 15 is 0 Å². The normalized spacial score (nSPS) is 17.1. The fraction of sp³-hybridized carbons (Fsp3) is 0.312. The summed E-state index contributed by atoms with van der Waals surface area (Å²) in [5, 5.41) is 30.6. The van der Waals surface area contributed by atoms with E-state index in [2.05, 4.69) is 36.6 Å². The van der Waals surface area contributed by atoms with Crippen molar-refractivity contribution in [2.75, 3.05) is 11.9 Å². The number of rotatable bonds is 10. The third-order valence-electron chi connectivity index (χ3n) is 8.07. The Balaban J connectivity index is 1.34. The van der Waals surface area contributed by atoms with Crippen molar-refractivity contribution < 1.29 is 32.7 Å². The Morgan fingerprint density at radius 1 is 0.935 bits per heavy atom. The van der Waals surface area contributed by atoms with Gasteiger partial charge in [-0.1, -0.05) is 42.5 Å². The Morgan fingerprint density at radius 3 is 2.35 bits per heavy atom. The summed E-state index contributed by atoms with van der Waals surface area (Å²) in [6, 6.07) is 17.5. The van der Waals surface area contributed by atoms with E-state index in [0.717, 1.165) is 6.07 Å². The minimum absolute atomic E-state index is 0.0121. The van der Waals surface area contributed by atoms with Crippen molar-refractivity contribution in [2.45, 2.75) is 44.3 Å². The topological polar surface area (TPSA) is 162 Å². The van der Waals surface area contributed by atoms with Crippen LogP contribution < -0.4 is 16.0 Å². The van der Waals surface area contributed by atoms with Crippen molar-refractivity contribution in [3.8, 4) is 22.5 Å². The van der Waals surface area contributed by atoms with E-state index in [0.29, 0.717) is 60.4 Å². The van der Waals surface area contributed by atoms with E-state index in [9.17, 15) is 27.6 Å². The number of carbonyl (C=O) groups excluding carboxylic acids is 2. The highest BCUT2D eigenvalue weighted by molar-refractivity contribution is 5.97. The Morgan fingerprint density at radius 2 is 1.67 bits per heavy atom. The van der Waals surface area contributed by atoms with Gasteiger partial charge in [0.2, 0.25) is 11.8 Å². The molecule has 0 unspecified atom stereocenters. The van der Waals surface area contributed by atoms with E-state index in [4.69, 9.17) is 5.11 Å². The fourth-order valence-corrected chi connectivity index (χ4v) is 5.67. The molecule has 1 atom stereocenters. The zero-order chi connectivity index (χ0) is 32.7. The van der Waals surface area contributed by atoms with E-state index in [-0.39, 0.29) is 29.7 Å². The number of hydrogen-bond acceptors (Lipinski definition) is 6. The summed E-state index contributed by atoms with van der Waals surface area (Å²) < 4.78 is 41.2. The molecule has 4 aromatic rings. The smallest absolute Gasteiger partial charge is 0.417 e. The van der Waals surface area contributed by atoms with Crippen LogP contribution in [0.3, 0.4) is 0 Å². The zero-order valence-electron chi connectivity index (χ0n) is 24.6. The monoisotopic (exact) mass is 635 g/mol. The van der Waals surface area contributed by atoms with Gasteiger partial charge in [0.15, 0.2) is 5.82 Å². The molecule has 46 heavy (non-hydrogen) atoms. The van der Waals surface area contributed by atoms with Crippen LogP contribution in [0.25, 0.3) is 22.5 Å². The molecule has 0 bridgehead atoms. The van der Waals surface area contributed by atoms with Crippen LogP contribution in [0.2, 0.25) is 0 Å². The first-order valence-corrected chi connectivity index (χ1v) is 14.7. The van der Waals surface area contributed by atoms with E-state index < -0.39 is 29.8 Å². The lowest BCUT2D eigenvalue weighted by Gasteiger charge is -2.29. The van der Waals surface area contributed by atoms with Gasteiger partial charge in [-0.3, -0.25) is 9.59 Å². The molecule has 11 nitrogen and oxygen atoms in total. The van der Waals surface area contributed by atoms with E-state index in [1.54, 1.807) is 48.5 Å². The third kappa shape index (κ3) is 8.25. The number of alkyl halides is 3. The van der Waals surface area contributed by atoms with Crippen LogP contribution in [0.4, 0.5) is 23.7 Å². The first-order valence-electron chi connectivity index (χ1n) is 14.7. The van der Waals surface area contributed by atoms with Crippen molar-refractivity contribution in [2.24, 2.45) is 11.8 Å². The first kappa shape index (κ1) is 32.1. The molecule has 3 amide bonds. The van der Waals surface area contributed by atoms with Crippen molar-refractivity contribution >= 4 is 23.6 Å². The van der Waals surface area contributed by atoms with Crippen molar-refractivity contribution in [3.05, 3.63) is 83.9 Å². The number of nitrogens with zero attached hydrogens (tertiary/aromatic N) is 3. The van der Waals surface area contributed by atoms with E-state index in [1.807, 2.05) is 0 Å². The maximum absolute atomic E-state index is 13.7. The fourth-order valence-electron chi connectivity index (χ4n) is 5.67. The van der Waals surface area contributed by atoms with Gasteiger partial charge in [0.25, 0.3) is 0 Å². The van der Waals surface area contributed by atoms with E-state index in [1.165, 1.54) is 18.2 Å². The Labute approximate surface area is 262 Å². The highest BCUT2D eigenvalue weighted by Crippen LogP contribution is 2.37. The number of aromatic nitrogens is 4. The van der Waals surface area contributed by atoms with Crippen LogP contribution in [0.5, 0.6) is 0 Å². The number of tetrazole rings is 1. The van der Waals surface area contributed by atoms with Crippen LogP contribution in [0.1, 0.15) is 36.8 Å². The second-order valence-electron chi connectivity index (χ2n) is 11.2. The molecular formula is C32H32F3N7O4. The number of hydrogen-bond donors (Lipinski definition) is 5. The molecule has 14 heteroatoms. The predicted molar refractivity (Wildman–Crippen MR) is 162 cm³/mol. The lowest BCUT2D eigenvalue weighted by atomic mass is 9.81. The average Bonchev–Trinajstić information content (AvgIpc) is 3.59. The lowest BCUT2D eigenvalue weighted by Crippen LogP contribution is -2.48. The molecule has 5 rings (SSSR count). The van der Waals surface area contributed by atoms with Crippen molar-refractivity contribution in [3.63, 3.8) is 0 Å². The minimum atomic E-state index is -4.55. The predicted octanol–water partition coefficient (Wildman–Crippen LogP) is 5.29. The summed E-state index contributed by atoms with van der Waals surface area (Å²) in [5.74, 6) is -0.601. The molecule has 1 heterocycles. The molecule has 1 aliphatic carbocycles. The maximum atomic E-state index is 13.7. The summed E-state index contributed by atoms with van der Waals surface area (Å²) in [4.78, 5) is 37.9. The molecule has 5 N–H and O–H groups in total. The Bertz CT molecular complexity index is 1650. The number of H-pyrrole nitrogens is 1. The lowest BCUT2D eigenvalue weighted by molar-refractivity contribution is -0.137. The standard InChI is InChI=1S/C32H32F3N7O4/c33-32(34,35)26-7-2-1-6-25(26)23-5-3-4-20(16-23)17-27(38-29(43)22-10-8-19(9-11-22)18-36-31(45)46)30(44)37-24-14-12-21(13-15-24)28-39-41-42-40-28/h1-7,12-16,19,22,27,36H,8-11,17-18H2,(H,37,44)(H,38,43)(H,45,46)(H,39,40,41,42)/t19-,22-,27-/m0/s1. The largest absolute Gasteiger partial charge is 0.465 e. The maximum Gasteiger partial charge on any atom is 0.417 e. The quantitative estimate of drug-likeness (QED) is 0.158. The Hall–Kier alpha value is -5.27. The minimum Gasteiger partial charge on any atom is -0.465 e. The number of amides is 3. The molecule has 1 fully saturated rings. The molecule has 0 radical (unpaired) electrons. The molecule has 1 aliphatic rings. The Kier molecular flexibility index (Phi) is 9.94.